The summed E-state index contributed by atoms with van der Waals surface area (Å²) in [6.45, 7) is 4.87. The Balaban J connectivity index is 0.00000324. The minimum absolute atomic E-state index is 0. The fourth-order valence-corrected chi connectivity index (χ4v) is 4.47. The van der Waals surface area contributed by atoms with E-state index in [1.807, 2.05) is 24.3 Å². The van der Waals surface area contributed by atoms with E-state index in [1.165, 1.54) is 24.3 Å². The third-order valence-electron chi connectivity index (χ3n) is 6.36. The van der Waals surface area contributed by atoms with Gasteiger partial charge in [-0.15, -0.1) is 12.4 Å². The Morgan fingerprint density at radius 3 is 2.35 bits per heavy atom. The molecule has 2 fully saturated rings. The molecule has 0 bridgehead atoms. The number of aliphatic hydroxyl groups excluding tert-OH is 1. The number of hydrogen-bond acceptors (Lipinski definition) is 6. The van der Waals surface area contributed by atoms with Gasteiger partial charge in [-0.3, -0.25) is 14.6 Å². The van der Waals surface area contributed by atoms with E-state index in [4.69, 9.17) is 4.74 Å². The number of carbonyl (C=O) groups is 2. The highest BCUT2D eigenvalue weighted by Crippen LogP contribution is 2.30. The van der Waals surface area contributed by atoms with Gasteiger partial charge in [0, 0.05) is 32.7 Å². The Kier molecular flexibility index (Phi) is 8.01. The monoisotopic (exact) mass is 492 g/mol. The second-order valence-corrected chi connectivity index (χ2v) is 8.59. The largest absolute Gasteiger partial charge is 0.495 e. The first-order valence-electron chi connectivity index (χ1n) is 11.0. The number of piperazine rings is 1. The Bertz CT molecular complexity index is 1020. The lowest BCUT2D eigenvalue weighted by atomic mass is 9.92. The predicted octanol–water partition coefficient (Wildman–Crippen LogP) is 2.21. The molecule has 2 heterocycles. The molecule has 2 unspecified atom stereocenters. The highest BCUT2D eigenvalue weighted by molar-refractivity contribution is 6.07. The number of carbonyl (C=O) groups excluding carboxylic acids is 2. The molecule has 0 aliphatic carbocycles. The zero-order valence-corrected chi connectivity index (χ0v) is 20.1. The lowest BCUT2D eigenvalue weighted by Crippen LogP contribution is -2.50. The highest BCUT2D eigenvalue weighted by Gasteiger charge is 2.49. The number of imide groups is 1. The molecule has 2 aromatic rings. The first-order chi connectivity index (χ1) is 15.8. The van der Waals surface area contributed by atoms with Gasteiger partial charge >= 0.3 is 6.03 Å². The van der Waals surface area contributed by atoms with Crippen molar-refractivity contribution in [3.8, 4) is 5.75 Å². The van der Waals surface area contributed by atoms with Crippen LogP contribution in [0.15, 0.2) is 48.5 Å². The van der Waals surface area contributed by atoms with Crippen LogP contribution in [0.2, 0.25) is 0 Å². The van der Waals surface area contributed by atoms with Gasteiger partial charge < -0.3 is 20.1 Å². The molecule has 3 amide bonds. The van der Waals surface area contributed by atoms with Crippen LogP contribution in [-0.2, 0) is 10.3 Å². The number of aliphatic hydroxyl groups is 1. The minimum Gasteiger partial charge on any atom is -0.495 e. The van der Waals surface area contributed by atoms with E-state index < -0.39 is 29.4 Å². The molecule has 34 heavy (non-hydrogen) atoms. The smallest absolute Gasteiger partial charge is 0.325 e. The van der Waals surface area contributed by atoms with E-state index in [9.17, 15) is 19.1 Å². The fraction of sp³-hybridized carbons (Fsp3) is 0.417. The molecule has 2 aliphatic rings. The van der Waals surface area contributed by atoms with Crippen LogP contribution in [0.1, 0.15) is 12.5 Å². The topological polar surface area (TPSA) is 85.3 Å². The second-order valence-electron chi connectivity index (χ2n) is 8.59. The molecular weight excluding hydrogens is 463 g/mol. The zero-order valence-electron chi connectivity index (χ0n) is 19.2. The van der Waals surface area contributed by atoms with Crippen molar-refractivity contribution < 1.29 is 23.8 Å². The number of amides is 3. The van der Waals surface area contributed by atoms with E-state index in [-0.39, 0.29) is 19.0 Å². The molecule has 0 spiro atoms. The Morgan fingerprint density at radius 1 is 1.06 bits per heavy atom. The summed E-state index contributed by atoms with van der Waals surface area (Å²) in [5.74, 6) is -0.0508. The van der Waals surface area contributed by atoms with Gasteiger partial charge in [-0.2, -0.15) is 0 Å². The molecule has 2 saturated heterocycles. The van der Waals surface area contributed by atoms with Crippen LogP contribution < -0.4 is 15.0 Å². The van der Waals surface area contributed by atoms with Gasteiger partial charge in [-0.05, 0) is 36.8 Å². The molecule has 2 N–H and O–H groups in total. The molecule has 0 saturated carbocycles. The summed E-state index contributed by atoms with van der Waals surface area (Å²) in [7, 11) is 1.66. The van der Waals surface area contributed by atoms with Gasteiger partial charge in [-0.25, -0.2) is 9.18 Å². The predicted molar refractivity (Wildman–Crippen MR) is 129 cm³/mol. The number of urea groups is 1. The van der Waals surface area contributed by atoms with Crippen LogP contribution in [0, 0.1) is 5.82 Å². The third kappa shape index (κ3) is 5.11. The van der Waals surface area contributed by atoms with Crippen molar-refractivity contribution in [3.05, 3.63) is 59.9 Å². The summed E-state index contributed by atoms with van der Waals surface area (Å²) in [6, 6.07) is 12.8. The Labute approximate surface area is 204 Å². The number of nitrogens with zero attached hydrogens (tertiary/aromatic N) is 3. The van der Waals surface area contributed by atoms with E-state index in [0.29, 0.717) is 12.1 Å². The number of hydrogen-bond donors (Lipinski definition) is 2. The first-order valence-corrected chi connectivity index (χ1v) is 11.0. The normalized spacial score (nSPS) is 21.8. The maximum Gasteiger partial charge on any atom is 0.325 e. The van der Waals surface area contributed by atoms with Gasteiger partial charge in [0.1, 0.15) is 17.1 Å². The molecule has 0 aromatic heterocycles. The molecule has 184 valence electrons. The Morgan fingerprint density at radius 2 is 1.71 bits per heavy atom. The molecule has 2 atom stereocenters. The summed E-state index contributed by atoms with van der Waals surface area (Å²) in [6.07, 6.45) is -0.881. The zero-order chi connectivity index (χ0) is 23.6. The molecule has 8 nitrogen and oxygen atoms in total. The lowest BCUT2D eigenvalue weighted by Gasteiger charge is -2.37. The van der Waals surface area contributed by atoms with Crippen molar-refractivity contribution in [3.63, 3.8) is 0 Å². The summed E-state index contributed by atoms with van der Waals surface area (Å²) in [5, 5.41) is 13.3. The van der Waals surface area contributed by atoms with Crippen molar-refractivity contribution in [2.75, 3.05) is 51.3 Å². The number of rotatable bonds is 7. The number of methoxy groups -OCH3 is 1. The number of para-hydroxylation sites is 2. The average Bonchev–Trinajstić information content (AvgIpc) is 3.03. The number of benzene rings is 2. The van der Waals surface area contributed by atoms with Gasteiger partial charge in [0.2, 0.25) is 0 Å². The van der Waals surface area contributed by atoms with Crippen molar-refractivity contribution in [2.45, 2.75) is 18.6 Å². The van der Waals surface area contributed by atoms with Gasteiger partial charge in [0.05, 0.1) is 25.4 Å². The van der Waals surface area contributed by atoms with Crippen molar-refractivity contribution >= 4 is 30.0 Å². The average molecular weight is 493 g/mol. The van der Waals surface area contributed by atoms with Gasteiger partial charge in [0.25, 0.3) is 5.91 Å². The number of β-amino-alcohol motifs (C(OH)–C–C–N with tert-alkyl or cyclic N) is 1. The van der Waals surface area contributed by atoms with Crippen LogP contribution >= 0.6 is 12.4 Å². The Hall–Kier alpha value is -2.88. The lowest BCUT2D eigenvalue weighted by molar-refractivity contribution is -0.132. The van der Waals surface area contributed by atoms with Gasteiger partial charge in [-0.1, -0.05) is 24.3 Å². The number of ether oxygens (including phenoxy) is 1. The molecular formula is C24H30ClFN4O4. The number of halogens is 2. The summed E-state index contributed by atoms with van der Waals surface area (Å²) >= 11 is 0. The summed E-state index contributed by atoms with van der Waals surface area (Å²) in [5.41, 5.74) is 0.247. The fourth-order valence-electron chi connectivity index (χ4n) is 4.47. The standard InChI is InChI=1S/C24H29FN4O4.ClH/c1-24(17-7-9-18(25)10-8-17)22(31)29(23(32)26-24)16-19(30)15-27-11-13-28(14-12-27)20-5-3-4-6-21(20)33-2;/h3-10,19,30H,11-16H2,1-2H3,(H,26,32);1H. The highest BCUT2D eigenvalue weighted by atomic mass is 35.5. The first kappa shape index (κ1) is 25.7. The molecule has 0 radical (unpaired) electrons. The van der Waals surface area contributed by atoms with E-state index in [0.717, 1.165) is 42.5 Å². The molecule has 10 heteroatoms. The van der Waals surface area contributed by atoms with Crippen LogP contribution in [0.4, 0.5) is 14.9 Å². The van der Waals surface area contributed by atoms with E-state index in [1.54, 1.807) is 14.0 Å². The van der Waals surface area contributed by atoms with Crippen molar-refractivity contribution in [1.82, 2.24) is 15.1 Å². The molecule has 2 aliphatic heterocycles. The quantitative estimate of drug-likeness (QED) is 0.576. The SMILES string of the molecule is COc1ccccc1N1CCN(CC(O)CN2C(=O)NC(C)(c3ccc(F)cc3)C2=O)CC1.Cl. The maximum atomic E-state index is 13.3. The minimum atomic E-state index is -1.29. The summed E-state index contributed by atoms with van der Waals surface area (Å²) < 4.78 is 18.7. The van der Waals surface area contributed by atoms with Crippen LogP contribution in [0.25, 0.3) is 0 Å². The maximum absolute atomic E-state index is 13.3. The van der Waals surface area contributed by atoms with Crippen molar-refractivity contribution in [2.24, 2.45) is 0 Å². The molecule has 2 aromatic carbocycles. The van der Waals surface area contributed by atoms with Crippen LogP contribution in [0.5, 0.6) is 5.75 Å². The van der Waals surface area contributed by atoms with Crippen LogP contribution in [0.3, 0.4) is 0 Å². The van der Waals surface area contributed by atoms with Crippen molar-refractivity contribution in [1.29, 1.82) is 0 Å². The molecule has 4 rings (SSSR count). The van der Waals surface area contributed by atoms with Crippen LogP contribution in [-0.4, -0.2) is 79.3 Å². The third-order valence-corrected chi connectivity index (χ3v) is 6.36. The van der Waals surface area contributed by atoms with Gasteiger partial charge in [0.15, 0.2) is 0 Å². The van der Waals surface area contributed by atoms with E-state index >= 15 is 0 Å². The summed E-state index contributed by atoms with van der Waals surface area (Å²) in [4.78, 5) is 30.9. The second kappa shape index (κ2) is 10.6. The number of anilines is 1. The number of nitrogens with one attached hydrogen (secondary N) is 1. The van der Waals surface area contributed by atoms with E-state index in [2.05, 4.69) is 15.1 Å².